The largest absolute Gasteiger partial charge is 0.481 e. The summed E-state index contributed by atoms with van der Waals surface area (Å²) >= 11 is 0. The van der Waals surface area contributed by atoms with Gasteiger partial charge in [0.1, 0.15) is 0 Å². The fourth-order valence-corrected chi connectivity index (χ4v) is 0.682. The lowest BCUT2D eigenvalue weighted by molar-refractivity contribution is -0.141. The number of hydrogen-bond acceptors (Lipinski definition) is 3. The first-order valence-corrected chi connectivity index (χ1v) is 4.52. The van der Waals surface area contributed by atoms with Crippen LogP contribution in [0.1, 0.15) is 33.1 Å². The van der Waals surface area contributed by atoms with E-state index >= 15 is 0 Å². The molecule has 14 heavy (non-hydrogen) atoms. The lowest BCUT2D eigenvalue weighted by atomic mass is 10.1. The second-order valence-corrected chi connectivity index (χ2v) is 3.12. The first-order chi connectivity index (χ1) is 6.47. The number of imide groups is 1. The smallest absolute Gasteiger partial charge is 0.306 e. The first kappa shape index (κ1) is 12.6. The van der Waals surface area contributed by atoms with Gasteiger partial charge in [0.15, 0.2) is 0 Å². The van der Waals surface area contributed by atoms with Crippen molar-refractivity contribution in [3.8, 4) is 0 Å². The quantitative estimate of drug-likeness (QED) is 0.639. The molecule has 1 rings (SSSR count). The third-order valence-corrected chi connectivity index (χ3v) is 1.89. The zero-order chi connectivity index (χ0) is 11.1. The van der Waals surface area contributed by atoms with Gasteiger partial charge in [0.05, 0.1) is 5.92 Å². The minimum Gasteiger partial charge on any atom is -0.481 e. The van der Waals surface area contributed by atoms with E-state index < -0.39 is 5.97 Å². The minimum absolute atomic E-state index is 0.148. The standard InChI is InChI=1S/C5H10O2.C4H5NO2/c1-3-4(2)5(6)7;6-3-1-2-4(7)5-3/h4H,3H2,1-2H3,(H,6,7);1-2H2,(H,5,6,7). The first-order valence-electron chi connectivity index (χ1n) is 4.52. The van der Waals surface area contributed by atoms with Gasteiger partial charge in [-0.25, -0.2) is 0 Å². The Balaban J connectivity index is 0.000000241. The molecule has 2 N–H and O–H groups in total. The topological polar surface area (TPSA) is 83.5 Å². The Hall–Kier alpha value is -1.39. The van der Waals surface area contributed by atoms with Gasteiger partial charge in [0.2, 0.25) is 11.8 Å². The van der Waals surface area contributed by atoms with Crippen molar-refractivity contribution in [3.05, 3.63) is 0 Å². The molecule has 0 aromatic carbocycles. The number of nitrogens with one attached hydrogen (secondary N) is 1. The van der Waals surface area contributed by atoms with Crippen LogP contribution in [0.25, 0.3) is 0 Å². The number of rotatable bonds is 2. The van der Waals surface area contributed by atoms with Crippen LogP contribution >= 0.6 is 0 Å². The Bertz CT molecular complexity index is 223. The normalized spacial score (nSPS) is 16.7. The maximum atomic E-state index is 10.1. The van der Waals surface area contributed by atoms with Crippen LogP contribution in [0.5, 0.6) is 0 Å². The Morgan fingerprint density at radius 2 is 1.86 bits per heavy atom. The molecule has 1 aliphatic rings. The Kier molecular flexibility index (Phi) is 5.52. The summed E-state index contributed by atoms with van der Waals surface area (Å²) in [5.74, 6) is -1.18. The van der Waals surface area contributed by atoms with Crippen LogP contribution in [-0.4, -0.2) is 22.9 Å². The SMILES string of the molecule is CCC(C)C(=O)O.O=C1CCC(=O)N1. The molecule has 0 radical (unpaired) electrons. The molecule has 0 aliphatic carbocycles. The van der Waals surface area contributed by atoms with Gasteiger partial charge in [-0.1, -0.05) is 13.8 Å². The van der Waals surface area contributed by atoms with Crippen LogP contribution < -0.4 is 5.32 Å². The van der Waals surface area contributed by atoms with Gasteiger partial charge in [0.25, 0.3) is 0 Å². The van der Waals surface area contributed by atoms with Gasteiger partial charge < -0.3 is 5.11 Å². The van der Waals surface area contributed by atoms with E-state index in [1.807, 2.05) is 6.92 Å². The molecule has 80 valence electrons. The van der Waals surface area contributed by atoms with E-state index in [0.717, 1.165) is 6.42 Å². The summed E-state index contributed by atoms with van der Waals surface area (Å²) in [6, 6.07) is 0. The van der Waals surface area contributed by atoms with Gasteiger partial charge in [-0.15, -0.1) is 0 Å². The molecular formula is C9H15NO4. The summed E-state index contributed by atoms with van der Waals surface area (Å²) in [5, 5.41) is 10.3. The van der Waals surface area contributed by atoms with E-state index in [1.54, 1.807) is 6.92 Å². The van der Waals surface area contributed by atoms with Gasteiger partial charge in [-0.3, -0.25) is 19.7 Å². The van der Waals surface area contributed by atoms with Crippen molar-refractivity contribution in [2.45, 2.75) is 33.1 Å². The van der Waals surface area contributed by atoms with Crippen LogP contribution in [0.4, 0.5) is 0 Å². The van der Waals surface area contributed by atoms with Gasteiger partial charge in [0, 0.05) is 12.8 Å². The highest BCUT2D eigenvalue weighted by Crippen LogP contribution is 1.97. The summed E-state index contributed by atoms with van der Waals surface area (Å²) in [7, 11) is 0. The van der Waals surface area contributed by atoms with Crippen molar-refractivity contribution >= 4 is 17.8 Å². The molecule has 2 amide bonds. The number of carbonyl (C=O) groups excluding carboxylic acids is 2. The van der Waals surface area contributed by atoms with E-state index in [1.165, 1.54) is 0 Å². The average molecular weight is 201 g/mol. The predicted octanol–water partition coefficient (Wildman–Crippen LogP) is 0.540. The molecular weight excluding hydrogens is 186 g/mol. The number of hydrogen-bond donors (Lipinski definition) is 2. The van der Waals surface area contributed by atoms with E-state index in [0.29, 0.717) is 12.8 Å². The Morgan fingerprint density at radius 1 is 1.43 bits per heavy atom. The number of aliphatic carboxylic acids is 1. The van der Waals surface area contributed by atoms with Crippen molar-refractivity contribution in [1.29, 1.82) is 0 Å². The lowest BCUT2D eigenvalue weighted by Crippen LogP contribution is -2.18. The van der Waals surface area contributed by atoms with Crippen molar-refractivity contribution in [1.82, 2.24) is 5.32 Å². The van der Waals surface area contributed by atoms with Crippen molar-refractivity contribution in [3.63, 3.8) is 0 Å². The summed E-state index contributed by atoms with van der Waals surface area (Å²) in [6.45, 7) is 3.56. The van der Waals surface area contributed by atoms with E-state index in [-0.39, 0.29) is 17.7 Å². The molecule has 1 aliphatic heterocycles. The molecule has 0 aromatic heterocycles. The Morgan fingerprint density at radius 3 is 1.93 bits per heavy atom. The molecule has 0 bridgehead atoms. The molecule has 0 saturated carbocycles. The van der Waals surface area contributed by atoms with Crippen LogP contribution in [0.3, 0.4) is 0 Å². The molecule has 1 saturated heterocycles. The fraction of sp³-hybridized carbons (Fsp3) is 0.667. The highest BCUT2D eigenvalue weighted by molar-refractivity contribution is 6.01. The Labute approximate surface area is 82.5 Å². The number of carboxylic acids is 1. The molecule has 1 atom stereocenters. The second kappa shape index (κ2) is 6.12. The van der Waals surface area contributed by atoms with Gasteiger partial charge in [-0.2, -0.15) is 0 Å². The summed E-state index contributed by atoms with van der Waals surface area (Å²) in [6.07, 6.45) is 1.47. The molecule has 0 spiro atoms. The molecule has 1 fully saturated rings. The van der Waals surface area contributed by atoms with Crippen molar-refractivity contribution in [2.75, 3.05) is 0 Å². The van der Waals surface area contributed by atoms with Crippen LogP contribution in [-0.2, 0) is 14.4 Å². The number of carbonyl (C=O) groups is 3. The average Bonchev–Trinajstić information content (AvgIpc) is 2.49. The second-order valence-electron chi connectivity index (χ2n) is 3.12. The predicted molar refractivity (Wildman–Crippen MR) is 49.5 cm³/mol. The number of amides is 2. The highest BCUT2D eigenvalue weighted by Gasteiger charge is 2.15. The molecule has 1 heterocycles. The third kappa shape index (κ3) is 5.29. The van der Waals surface area contributed by atoms with E-state index in [9.17, 15) is 14.4 Å². The summed E-state index contributed by atoms with van der Waals surface area (Å²) < 4.78 is 0. The zero-order valence-corrected chi connectivity index (χ0v) is 8.37. The molecule has 5 nitrogen and oxygen atoms in total. The molecule has 0 aromatic rings. The zero-order valence-electron chi connectivity index (χ0n) is 8.37. The fourth-order valence-electron chi connectivity index (χ4n) is 0.682. The molecule has 5 heteroatoms. The van der Waals surface area contributed by atoms with Crippen LogP contribution in [0.15, 0.2) is 0 Å². The minimum atomic E-state index is -0.706. The van der Waals surface area contributed by atoms with Crippen LogP contribution in [0.2, 0.25) is 0 Å². The van der Waals surface area contributed by atoms with Crippen LogP contribution in [0, 0.1) is 5.92 Å². The highest BCUT2D eigenvalue weighted by atomic mass is 16.4. The maximum Gasteiger partial charge on any atom is 0.306 e. The van der Waals surface area contributed by atoms with Crippen molar-refractivity contribution < 1.29 is 19.5 Å². The van der Waals surface area contributed by atoms with Gasteiger partial charge in [-0.05, 0) is 6.42 Å². The molecule has 1 unspecified atom stereocenters. The monoisotopic (exact) mass is 201 g/mol. The van der Waals surface area contributed by atoms with E-state index in [2.05, 4.69) is 5.32 Å². The van der Waals surface area contributed by atoms with Gasteiger partial charge >= 0.3 is 5.97 Å². The summed E-state index contributed by atoms with van der Waals surface area (Å²) in [4.78, 5) is 30.2. The van der Waals surface area contributed by atoms with E-state index in [4.69, 9.17) is 5.11 Å². The summed E-state index contributed by atoms with van der Waals surface area (Å²) in [5.41, 5.74) is 0. The van der Waals surface area contributed by atoms with Crippen molar-refractivity contribution in [2.24, 2.45) is 5.92 Å². The number of carboxylic acid groups (broad SMARTS) is 1. The third-order valence-electron chi connectivity index (χ3n) is 1.89. The maximum absolute atomic E-state index is 10.1. The lowest BCUT2D eigenvalue weighted by Gasteiger charge is -1.96.